The Morgan fingerprint density at radius 3 is 2.47 bits per heavy atom. The molecule has 0 atom stereocenters. The molecule has 0 bridgehead atoms. The summed E-state index contributed by atoms with van der Waals surface area (Å²) in [6, 6.07) is 6.33. The van der Waals surface area contributed by atoms with E-state index in [1.807, 2.05) is 0 Å². The molecule has 0 heterocycles. The summed E-state index contributed by atoms with van der Waals surface area (Å²) in [6.07, 6.45) is 0.803. The van der Waals surface area contributed by atoms with E-state index in [0.29, 0.717) is 6.61 Å². The zero-order valence-corrected chi connectivity index (χ0v) is 10.3. The summed E-state index contributed by atoms with van der Waals surface area (Å²) in [7, 11) is 0. The van der Waals surface area contributed by atoms with Crippen LogP contribution in [-0.4, -0.2) is 6.61 Å². The maximum Gasteiger partial charge on any atom is 0.125 e. The second kappa shape index (κ2) is 4.69. The molecule has 83 valence electrons. The number of para-hydroxylation sites is 1. The third kappa shape index (κ3) is 2.98. The minimum atomic E-state index is 0.128. The van der Waals surface area contributed by atoms with Gasteiger partial charge < -0.3 is 4.74 Å². The summed E-state index contributed by atoms with van der Waals surface area (Å²) < 4.78 is 5.78. The van der Waals surface area contributed by atoms with Crippen molar-refractivity contribution in [2.75, 3.05) is 6.61 Å². The molecule has 1 heteroatoms. The zero-order chi connectivity index (χ0) is 11.5. The number of hydrogen-bond acceptors (Lipinski definition) is 1. The molecular weight excluding hydrogens is 184 g/mol. The van der Waals surface area contributed by atoms with Crippen molar-refractivity contribution in [3.63, 3.8) is 0 Å². The van der Waals surface area contributed by atoms with Crippen LogP contribution in [0.2, 0.25) is 0 Å². The van der Waals surface area contributed by atoms with E-state index in [0.717, 1.165) is 12.2 Å². The number of benzene rings is 1. The molecule has 0 fully saturated rings. The molecule has 0 N–H and O–H groups in total. The van der Waals surface area contributed by atoms with Crippen molar-refractivity contribution in [1.82, 2.24) is 0 Å². The first-order valence-electron chi connectivity index (χ1n) is 5.49. The van der Waals surface area contributed by atoms with Crippen LogP contribution in [0.3, 0.4) is 0 Å². The van der Waals surface area contributed by atoms with Crippen molar-refractivity contribution in [3.8, 4) is 5.75 Å². The number of ether oxygens (including phenoxy) is 1. The minimum Gasteiger partial charge on any atom is -0.493 e. The Balaban J connectivity index is 3.09. The monoisotopic (exact) mass is 205 g/mol. The Kier molecular flexibility index (Phi) is 3.78. The topological polar surface area (TPSA) is 9.23 Å². The van der Waals surface area contributed by atoms with Crippen LogP contribution in [0.1, 0.15) is 38.3 Å². The molecule has 1 radical (unpaired) electrons. The Morgan fingerprint density at radius 2 is 1.93 bits per heavy atom. The molecule has 1 nitrogen and oxygen atoms in total. The van der Waals surface area contributed by atoms with Gasteiger partial charge in [0.05, 0.1) is 6.61 Å². The molecule has 0 unspecified atom stereocenters. The fourth-order valence-corrected chi connectivity index (χ4v) is 1.61. The van der Waals surface area contributed by atoms with Crippen LogP contribution in [0, 0.1) is 13.8 Å². The first kappa shape index (κ1) is 12.1. The molecule has 0 aromatic heterocycles. The Labute approximate surface area is 93.5 Å². The highest BCUT2D eigenvalue weighted by Crippen LogP contribution is 2.33. The summed E-state index contributed by atoms with van der Waals surface area (Å²) in [5.41, 5.74) is 2.61. The third-order valence-corrected chi connectivity index (χ3v) is 2.41. The number of hydrogen-bond donors (Lipinski definition) is 0. The molecule has 0 saturated heterocycles. The van der Waals surface area contributed by atoms with Crippen LogP contribution in [-0.2, 0) is 5.41 Å². The van der Waals surface area contributed by atoms with Gasteiger partial charge in [0.2, 0.25) is 0 Å². The first-order chi connectivity index (χ1) is 6.96. The summed E-state index contributed by atoms with van der Waals surface area (Å²) in [5, 5.41) is 0. The second-order valence-electron chi connectivity index (χ2n) is 4.90. The van der Waals surface area contributed by atoms with Crippen LogP contribution in [0.15, 0.2) is 18.2 Å². The average molecular weight is 205 g/mol. The van der Waals surface area contributed by atoms with Gasteiger partial charge in [-0.15, -0.1) is 0 Å². The first-order valence-corrected chi connectivity index (χ1v) is 5.49. The molecule has 0 aliphatic heterocycles. The Morgan fingerprint density at radius 1 is 1.27 bits per heavy atom. The normalized spacial score (nSPS) is 11.5. The lowest BCUT2D eigenvalue weighted by Gasteiger charge is -2.24. The van der Waals surface area contributed by atoms with Gasteiger partial charge in [-0.05, 0) is 36.8 Å². The highest BCUT2D eigenvalue weighted by Gasteiger charge is 2.19. The Bertz CT molecular complexity index is 321. The van der Waals surface area contributed by atoms with E-state index in [1.165, 1.54) is 11.1 Å². The number of rotatable bonds is 3. The van der Waals surface area contributed by atoms with Crippen molar-refractivity contribution in [2.45, 2.75) is 39.5 Å². The molecule has 1 rings (SSSR count). The molecular formula is C14H21O. The molecule has 0 aliphatic rings. The average Bonchev–Trinajstić information content (AvgIpc) is 2.14. The molecule has 0 spiro atoms. The third-order valence-electron chi connectivity index (χ3n) is 2.41. The maximum atomic E-state index is 5.78. The van der Waals surface area contributed by atoms with E-state index in [4.69, 9.17) is 4.74 Å². The lowest BCUT2D eigenvalue weighted by Crippen LogP contribution is -2.14. The highest BCUT2D eigenvalue weighted by atomic mass is 16.5. The molecule has 0 saturated carbocycles. The van der Waals surface area contributed by atoms with Gasteiger partial charge in [0.1, 0.15) is 5.75 Å². The predicted octanol–water partition coefficient (Wildman–Crippen LogP) is 3.90. The summed E-state index contributed by atoms with van der Waals surface area (Å²) in [5.74, 6) is 1.04. The van der Waals surface area contributed by atoms with Crippen molar-refractivity contribution < 1.29 is 4.74 Å². The van der Waals surface area contributed by atoms with Gasteiger partial charge in [0.25, 0.3) is 0 Å². The van der Waals surface area contributed by atoms with E-state index >= 15 is 0 Å². The summed E-state index contributed by atoms with van der Waals surface area (Å²) in [6.45, 7) is 13.2. The zero-order valence-electron chi connectivity index (χ0n) is 10.3. The van der Waals surface area contributed by atoms with Crippen molar-refractivity contribution in [1.29, 1.82) is 0 Å². The molecule has 1 aromatic rings. The lowest BCUT2D eigenvalue weighted by molar-refractivity contribution is 0.313. The van der Waals surface area contributed by atoms with Crippen molar-refractivity contribution in [3.05, 3.63) is 36.2 Å². The van der Waals surface area contributed by atoms with Crippen LogP contribution in [0.5, 0.6) is 5.75 Å². The SMILES string of the molecule is [CH2]CCOc1c(C)cccc1C(C)(C)C. The van der Waals surface area contributed by atoms with Crippen LogP contribution in [0.25, 0.3) is 0 Å². The molecule has 1 aromatic carbocycles. The summed E-state index contributed by atoms with van der Waals surface area (Å²) in [4.78, 5) is 0. The quantitative estimate of drug-likeness (QED) is 0.727. The predicted molar refractivity (Wildman–Crippen MR) is 65.3 cm³/mol. The van der Waals surface area contributed by atoms with Crippen LogP contribution < -0.4 is 4.74 Å². The van der Waals surface area contributed by atoms with E-state index in [-0.39, 0.29) is 5.41 Å². The molecule has 0 amide bonds. The fourth-order valence-electron chi connectivity index (χ4n) is 1.61. The molecule has 0 aliphatic carbocycles. The fraction of sp³-hybridized carbons (Fsp3) is 0.500. The van der Waals surface area contributed by atoms with E-state index in [9.17, 15) is 0 Å². The second-order valence-corrected chi connectivity index (χ2v) is 4.90. The number of aryl methyl sites for hydroxylation is 1. The van der Waals surface area contributed by atoms with Crippen LogP contribution >= 0.6 is 0 Å². The standard InChI is InChI=1S/C14H21O/c1-6-10-15-13-11(2)8-7-9-12(13)14(3,4)5/h7-9H,1,6,10H2,2-5H3. The van der Waals surface area contributed by atoms with Crippen molar-refractivity contribution in [2.24, 2.45) is 0 Å². The van der Waals surface area contributed by atoms with Crippen molar-refractivity contribution >= 4 is 0 Å². The van der Waals surface area contributed by atoms with Gasteiger partial charge in [0.15, 0.2) is 0 Å². The van der Waals surface area contributed by atoms with Crippen LogP contribution in [0.4, 0.5) is 0 Å². The van der Waals surface area contributed by atoms with E-state index < -0.39 is 0 Å². The van der Waals surface area contributed by atoms with Gasteiger partial charge in [-0.3, -0.25) is 0 Å². The molecule has 15 heavy (non-hydrogen) atoms. The maximum absolute atomic E-state index is 5.78. The highest BCUT2D eigenvalue weighted by molar-refractivity contribution is 5.44. The largest absolute Gasteiger partial charge is 0.493 e. The van der Waals surface area contributed by atoms with Gasteiger partial charge >= 0.3 is 0 Å². The smallest absolute Gasteiger partial charge is 0.125 e. The van der Waals surface area contributed by atoms with Gasteiger partial charge in [-0.2, -0.15) is 0 Å². The van der Waals surface area contributed by atoms with Gasteiger partial charge in [-0.1, -0.05) is 39.0 Å². The van der Waals surface area contributed by atoms with E-state index in [2.05, 4.69) is 52.8 Å². The van der Waals surface area contributed by atoms with Gasteiger partial charge in [0, 0.05) is 0 Å². The lowest BCUT2D eigenvalue weighted by atomic mass is 9.85. The summed E-state index contributed by atoms with van der Waals surface area (Å²) >= 11 is 0. The van der Waals surface area contributed by atoms with E-state index in [1.54, 1.807) is 0 Å². The Hall–Kier alpha value is -0.980. The minimum absolute atomic E-state index is 0.128. The van der Waals surface area contributed by atoms with Gasteiger partial charge in [-0.25, -0.2) is 0 Å².